The number of thiophene rings is 1. The second kappa shape index (κ2) is 7.45. The first-order valence-electron chi connectivity index (χ1n) is 6.60. The maximum Gasteiger partial charge on any atom is 0.237 e. The number of hydrogen-bond donors (Lipinski definition) is 3. The molecule has 2 rings (SSSR count). The number of benzene rings is 1. The van der Waals surface area contributed by atoms with E-state index in [4.69, 9.17) is 17.3 Å². The zero-order chi connectivity index (χ0) is 15.2. The van der Waals surface area contributed by atoms with Crippen molar-refractivity contribution in [2.45, 2.75) is 18.9 Å². The van der Waals surface area contributed by atoms with Gasteiger partial charge in [-0.15, -0.1) is 11.3 Å². The molecule has 1 aromatic heterocycles. The number of nitrogens with one attached hydrogen (secondary N) is 1. The number of amides is 1. The van der Waals surface area contributed by atoms with Crippen molar-refractivity contribution in [2.75, 3.05) is 6.54 Å². The second-order valence-corrected chi connectivity index (χ2v) is 6.52. The van der Waals surface area contributed by atoms with E-state index in [-0.39, 0.29) is 11.7 Å². The fraction of sp³-hybridized carbons (Fsp3) is 0.267. The third-order valence-corrected chi connectivity index (χ3v) is 4.32. The van der Waals surface area contributed by atoms with Gasteiger partial charge in [0, 0.05) is 11.4 Å². The van der Waals surface area contributed by atoms with Crippen LogP contribution in [0.4, 0.5) is 0 Å². The fourth-order valence-electron chi connectivity index (χ4n) is 1.90. The molecule has 1 atom stereocenters. The van der Waals surface area contributed by atoms with Crippen LogP contribution in [0, 0.1) is 0 Å². The summed E-state index contributed by atoms with van der Waals surface area (Å²) in [6, 6.07) is 9.89. The normalized spacial score (nSPS) is 12.1. The van der Waals surface area contributed by atoms with E-state index in [0.29, 0.717) is 13.0 Å². The molecule has 4 N–H and O–H groups in total. The molecule has 0 saturated heterocycles. The van der Waals surface area contributed by atoms with Gasteiger partial charge in [0.05, 0.1) is 10.4 Å². The number of aromatic hydroxyl groups is 1. The third-order valence-electron chi connectivity index (χ3n) is 3.03. The van der Waals surface area contributed by atoms with Crippen molar-refractivity contribution in [3.63, 3.8) is 0 Å². The van der Waals surface area contributed by atoms with Crippen molar-refractivity contribution >= 4 is 28.8 Å². The number of nitrogens with two attached hydrogens (primary N) is 1. The van der Waals surface area contributed by atoms with E-state index in [1.165, 1.54) is 11.3 Å². The molecule has 0 aliphatic rings. The fourth-order valence-corrected chi connectivity index (χ4v) is 2.99. The quantitative estimate of drug-likeness (QED) is 0.763. The Morgan fingerprint density at radius 3 is 2.62 bits per heavy atom. The van der Waals surface area contributed by atoms with Crippen molar-refractivity contribution in [3.8, 4) is 5.75 Å². The number of halogens is 1. The predicted molar refractivity (Wildman–Crippen MR) is 85.8 cm³/mol. The Balaban J connectivity index is 1.75. The van der Waals surface area contributed by atoms with Gasteiger partial charge in [-0.1, -0.05) is 23.7 Å². The van der Waals surface area contributed by atoms with Crippen molar-refractivity contribution in [3.05, 3.63) is 51.2 Å². The van der Waals surface area contributed by atoms with Crippen LogP contribution in [0.1, 0.15) is 10.4 Å². The molecule has 0 radical (unpaired) electrons. The molecule has 4 nitrogen and oxygen atoms in total. The Bertz CT molecular complexity index is 598. The van der Waals surface area contributed by atoms with Gasteiger partial charge in [-0.25, -0.2) is 0 Å². The van der Waals surface area contributed by atoms with Gasteiger partial charge >= 0.3 is 0 Å². The van der Waals surface area contributed by atoms with Crippen LogP contribution in [-0.4, -0.2) is 23.6 Å². The lowest BCUT2D eigenvalue weighted by Gasteiger charge is -2.12. The minimum Gasteiger partial charge on any atom is -0.508 e. The van der Waals surface area contributed by atoms with Gasteiger partial charge in [0.2, 0.25) is 5.91 Å². The molecule has 1 aromatic carbocycles. The Morgan fingerprint density at radius 2 is 2.00 bits per heavy atom. The second-order valence-electron chi connectivity index (χ2n) is 4.72. The molecule has 0 aliphatic heterocycles. The van der Waals surface area contributed by atoms with Gasteiger partial charge in [0.25, 0.3) is 0 Å². The maximum atomic E-state index is 11.9. The number of carbonyl (C=O) groups excluding carboxylic acids is 1. The van der Waals surface area contributed by atoms with Crippen molar-refractivity contribution in [2.24, 2.45) is 5.73 Å². The molecule has 21 heavy (non-hydrogen) atoms. The lowest BCUT2D eigenvalue weighted by molar-refractivity contribution is -0.122. The first-order valence-corrected chi connectivity index (χ1v) is 7.79. The summed E-state index contributed by atoms with van der Waals surface area (Å²) >= 11 is 7.36. The van der Waals surface area contributed by atoms with Gasteiger partial charge in [0.15, 0.2) is 0 Å². The van der Waals surface area contributed by atoms with E-state index in [1.54, 1.807) is 24.3 Å². The molecular formula is C15H17ClN2O2S. The Kier molecular flexibility index (Phi) is 5.61. The molecule has 1 unspecified atom stereocenters. The molecule has 0 bridgehead atoms. The van der Waals surface area contributed by atoms with E-state index in [0.717, 1.165) is 21.2 Å². The number of carbonyl (C=O) groups is 1. The highest BCUT2D eigenvalue weighted by molar-refractivity contribution is 7.16. The topological polar surface area (TPSA) is 75.3 Å². The van der Waals surface area contributed by atoms with Crippen LogP contribution in [-0.2, 0) is 17.6 Å². The third kappa shape index (κ3) is 5.04. The molecule has 1 heterocycles. The van der Waals surface area contributed by atoms with Crippen molar-refractivity contribution in [1.29, 1.82) is 0 Å². The Morgan fingerprint density at radius 1 is 1.29 bits per heavy atom. The first kappa shape index (κ1) is 15.8. The standard InChI is InChI=1S/C15H17ClN2O2S/c16-14-6-5-12(21-14)7-8-18-15(20)13(17)9-10-1-3-11(19)4-2-10/h1-6,13,19H,7-9,17H2,(H,18,20). The van der Waals surface area contributed by atoms with Crippen molar-refractivity contribution < 1.29 is 9.90 Å². The van der Waals surface area contributed by atoms with Crippen LogP contribution >= 0.6 is 22.9 Å². The number of hydrogen-bond acceptors (Lipinski definition) is 4. The maximum absolute atomic E-state index is 11.9. The van der Waals surface area contributed by atoms with E-state index in [2.05, 4.69) is 5.32 Å². The van der Waals surface area contributed by atoms with E-state index in [9.17, 15) is 9.90 Å². The van der Waals surface area contributed by atoms with Gasteiger partial charge in [-0.3, -0.25) is 4.79 Å². The average molecular weight is 325 g/mol. The Hall–Kier alpha value is -1.56. The molecular weight excluding hydrogens is 308 g/mol. The smallest absolute Gasteiger partial charge is 0.237 e. The molecule has 0 spiro atoms. The number of phenolic OH excluding ortho intramolecular Hbond substituents is 1. The zero-order valence-corrected chi connectivity index (χ0v) is 13.0. The SMILES string of the molecule is NC(Cc1ccc(O)cc1)C(=O)NCCc1ccc(Cl)s1. The molecule has 0 aliphatic carbocycles. The van der Waals surface area contributed by atoms with Crippen molar-refractivity contribution in [1.82, 2.24) is 5.32 Å². The van der Waals surface area contributed by atoms with Crippen LogP contribution in [0.3, 0.4) is 0 Å². The summed E-state index contributed by atoms with van der Waals surface area (Å²) in [6.45, 7) is 0.541. The van der Waals surface area contributed by atoms with Gasteiger partial charge < -0.3 is 16.2 Å². The van der Waals surface area contributed by atoms with Gasteiger partial charge in [0.1, 0.15) is 5.75 Å². The molecule has 0 saturated carbocycles. The number of phenols is 1. The lowest BCUT2D eigenvalue weighted by atomic mass is 10.1. The largest absolute Gasteiger partial charge is 0.508 e. The minimum atomic E-state index is -0.596. The van der Waals surface area contributed by atoms with E-state index >= 15 is 0 Å². The first-order chi connectivity index (χ1) is 10.0. The summed E-state index contributed by atoms with van der Waals surface area (Å²) in [7, 11) is 0. The van der Waals surface area contributed by atoms with Crippen LogP contribution < -0.4 is 11.1 Å². The van der Waals surface area contributed by atoms with Crippen LogP contribution in [0.15, 0.2) is 36.4 Å². The van der Waals surface area contributed by atoms with Crippen LogP contribution in [0.2, 0.25) is 4.34 Å². The van der Waals surface area contributed by atoms with Crippen LogP contribution in [0.25, 0.3) is 0 Å². The lowest BCUT2D eigenvalue weighted by Crippen LogP contribution is -2.42. The minimum absolute atomic E-state index is 0.175. The molecule has 2 aromatic rings. The summed E-state index contributed by atoms with van der Waals surface area (Å²) in [6.07, 6.45) is 1.19. The summed E-state index contributed by atoms with van der Waals surface area (Å²) in [5, 5.41) is 12.0. The average Bonchev–Trinajstić information content (AvgIpc) is 2.87. The summed E-state index contributed by atoms with van der Waals surface area (Å²) < 4.78 is 0.750. The summed E-state index contributed by atoms with van der Waals surface area (Å²) in [5.41, 5.74) is 6.79. The van der Waals surface area contributed by atoms with E-state index in [1.807, 2.05) is 12.1 Å². The molecule has 1 amide bonds. The van der Waals surface area contributed by atoms with Gasteiger partial charge in [-0.2, -0.15) is 0 Å². The molecule has 112 valence electrons. The van der Waals surface area contributed by atoms with E-state index < -0.39 is 6.04 Å². The Labute approximate surface area is 132 Å². The highest BCUT2D eigenvalue weighted by Crippen LogP contribution is 2.21. The van der Waals surface area contributed by atoms with Crippen LogP contribution in [0.5, 0.6) is 5.75 Å². The summed E-state index contributed by atoms with van der Waals surface area (Å²) in [4.78, 5) is 13.0. The van der Waals surface area contributed by atoms with Gasteiger partial charge in [-0.05, 0) is 42.7 Å². The summed E-state index contributed by atoms with van der Waals surface area (Å²) in [5.74, 6) is 0.0251. The number of rotatable bonds is 6. The molecule has 0 fully saturated rings. The molecule has 6 heteroatoms. The highest BCUT2D eigenvalue weighted by atomic mass is 35.5. The monoisotopic (exact) mass is 324 g/mol. The zero-order valence-electron chi connectivity index (χ0n) is 11.4. The predicted octanol–water partition coefficient (Wildman–Crippen LogP) is 2.34. The highest BCUT2D eigenvalue weighted by Gasteiger charge is 2.13.